The number of carbonyl (C=O) groups is 1. The van der Waals surface area contributed by atoms with E-state index < -0.39 is 6.10 Å². The maximum Gasteiger partial charge on any atom is 0.258 e. The van der Waals surface area contributed by atoms with Gasteiger partial charge in [0, 0.05) is 27.8 Å². The number of hydrogen-bond donors (Lipinski definition) is 2. The van der Waals surface area contributed by atoms with E-state index in [4.69, 9.17) is 11.6 Å². The summed E-state index contributed by atoms with van der Waals surface area (Å²) in [5, 5.41) is 10.8. The number of fused-ring (bicyclic) bond motifs is 1. The maximum atomic E-state index is 13.5. The summed E-state index contributed by atoms with van der Waals surface area (Å²) < 4.78 is 3.17. The zero-order chi connectivity index (χ0) is 25.9. The Balaban J connectivity index is 1.37. The predicted molar refractivity (Wildman–Crippen MR) is 150 cm³/mol. The van der Waals surface area contributed by atoms with Crippen LogP contribution in [0.5, 0.6) is 0 Å². The Kier molecular flexibility index (Phi) is 7.46. The molecule has 8 heteroatoms. The van der Waals surface area contributed by atoms with E-state index in [1.165, 1.54) is 11.9 Å². The van der Waals surface area contributed by atoms with Gasteiger partial charge in [0.1, 0.15) is 5.15 Å². The number of carbonyl (C=O) groups excluding carboxylic acids is 1. The average molecular weight is 531 g/mol. The second-order valence-corrected chi connectivity index (χ2v) is 10.4. The summed E-state index contributed by atoms with van der Waals surface area (Å²) in [7, 11) is 0. The summed E-state index contributed by atoms with van der Waals surface area (Å²) in [5.74, 6) is 0.239. The molecule has 1 unspecified atom stereocenters. The molecule has 5 rings (SSSR count). The van der Waals surface area contributed by atoms with E-state index in [2.05, 4.69) is 14.7 Å². The van der Waals surface area contributed by atoms with Gasteiger partial charge in [-0.1, -0.05) is 54.1 Å². The third-order valence-corrected chi connectivity index (χ3v) is 7.41. The fourth-order valence-corrected chi connectivity index (χ4v) is 5.48. The Labute approximate surface area is 225 Å². The maximum absolute atomic E-state index is 13.5. The third kappa shape index (κ3) is 5.64. The largest absolute Gasteiger partial charge is 0.391 e. The van der Waals surface area contributed by atoms with E-state index >= 15 is 0 Å². The number of halogens is 1. The molecule has 0 saturated carbocycles. The van der Waals surface area contributed by atoms with Gasteiger partial charge < -0.3 is 10.0 Å². The predicted octanol–water partition coefficient (Wildman–Crippen LogP) is 6.49. The van der Waals surface area contributed by atoms with E-state index in [0.29, 0.717) is 23.1 Å². The Morgan fingerprint density at radius 1 is 1.03 bits per heavy atom. The third-order valence-electron chi connectivity index (χ3n) is 6.44. The number of nitrogens with zero attached hydrogens (tertiary/aromatic N) is 3. The van der Waals surface area contributed by atoms with Gasteiger partial charge in [-0.15, -0.1) is 0 Å². The summed E-state index contributed by atoms with van der Waals surface area (Å²) in [6.45, 7) is 4.36. The molecule has 1 aliphatic rings. The molecule has 1 aromatic heterocycles. The summed E-state index contributed by atoms with van der Waals surface area (Å²) in [6.07, 6.45) is 0.802. The number of anilines is 2. The standard InChI is InChI=1S/C29H27ClN4O2S/c1-18-7-5-8-19(2)27(18)24-16-26(30)32-29(31-24)33-37-23-11-6-10-21(15-23)28(36)34-17-22(35)14-13-20-9-3-4-12-25(20)34/h3-12,15-16,22,35H,13-14,17H2,1-2H3,(H,31,32,33). The van der Waals surface area contributed by atoms with E-state index in [1.807, 2.05) is 74.5 Å². The summed E-state index contributed by atoms with van der Waals surface area (Å²) in [6, 6.07) is 23.1. The van der Waals surface area contributed by atoms with Crippen molar-refractivity contribution in [2.24, 2.45) is 0 Å². The van der Waals surface area contributed by atoms with Crippen LogP contribution in [0, 0.1) is 13.8 Å². The molecule has 37 heavy (non-hydrogen) atoms. The summed E-state index contributed by atoms with van der Waals surface area (Å²) in [4.78, 5) is 25.1. The first kappa shape index (κ1) is 25.3. The first-order valence-corrected chi connectivity index (χ1v) is 13.3. The number of β-amino-alcohol motifs (C(OH)–C–C–N with tert-alkyl or cyclic N) is 1. The van der Waals surface area contributed by atoms with Crippen molar-refractivity contribution in [1.29, 1.82) is 0 Å². The number of amides is 1. The van der Waals surface area contributed by atoms with Crippen LogP contribution in [0.4, 0.5) is 11.6 Å². The van der Waals surface area contributed by atoms with Gasteiger partial charge in [0.05, 0.1) is 18.3 Å². The lowest BCUT2D eigenvalue weighted by molar-refractivity contribution is 0.0962. The molecule has 6 nitrogen and oxygen atoms in total. The Morgan fingerprint density at radius 3 is 2.59 bits per heavy atom. The number of aliphatic hydroxyl groups is 1. The average Bonchev–Trinajstić information content (AvgIpc) is 3.06. The van der Waals surface area contributed by atoms with Crippen molar-refractivity contribution in [1.82, 2.24) is 9.97 Å². The number of aromatic nitrogens is 2. The Hall–Kier alpha value is -3.39. The van der Waals surface area contributed by atoms with Crippen molar-refractivity contribution in [2.45, 2.75) is 37.7 Å². The van der Waals surface area contributed by atoms with Crippen molar-refractivity contribution < 1.29 is 9.90 Å². The number of nitrogens with one attached hydrogen (secondary N) is 1. The molecule has 2 heterocycles. The van der Waals surface area contributed by atoms with Crippen molar-refractivity contribution in [3.63, 3.8) is 0 Å². The molecule has 3 aromatic carbocycles. The van der Waals surface area contributed by atoms with Gasteiger partial charge in [0.15, 0.2) is 0 Å². The van der Waals surface area contributed by atoms with Gasteiger partial charge in [-0.05, 0) is 79.6 Å². The van der Waals surface area contributed by atoms with Crippen LogP contribution in [0.2, 0.25) is 5.15 Å². The molecule has 0 radical (unpaired) electrons. The lowest BCUT2D eigenvalue weighted by Crippen LogP contribution is -2.36. The van der Waals surface area contributed by atoms with Crippen molar-refractivity contribution >= 4 is 41.1 Å². The highest BCUT2D eigenvalue weighted by atomic mass is 35.5. The van der Waals surface area contributed by atoms with Gasteiger partial charge in [-0.3, -0.25) is 9.52 Å². The number of aliphatic hydroxyl groups excluding tert-OH is 1. The number of benzene rings is 3. The van der Waals surface area contributed by atoms with Gasteiger partial charge in [0.2, 0.25) is 5.95 Å². The van der Waals surface area contributed by atoms with Gasteiger partial charge >= 0.3 is 0 Å². The van der Waals surface area contributed by atoms with Crippen LogP contribution in [0.1, 0.15) is 33.5 Å². The van der Waals surface area contributed by atoms with Gasteiger partial charge in [-0.25, -0.2) is 9.97 Å². The molecule has 1 aliphatic heterocycles. The number of rotatable bonds is 5. The lowest BCUT2D eigenvalue weighted by atomic mass is 10.00. The van der Waals surface area contributed by atoms with E-state index in [-0.39, 0.29) is 12.5 Å². The minimum Gasteiger partial charge on any atom is -0.391 e. The monoisotopic (exact) mass is 530 g/mol. The SMILES string of the molecule is Cc1cccc(C)c1-c1cc(Cl)nc(NSc2cccc(C(=O)N3CC(O)CCc4ccccc43)c2)n1. The second-order valence-electron chi connectivity index (χ2n) is 9.14. The molecule has 0 spiro atoms. The van der Waals surface area contributed by atoms with Gasteiger partial charge in [0.25, 0.3) is 5.91 Å². The fourth-order valence-electron chi connectivity index (χ4n) is 4.66. The highest BCUT2D eigenvalue weighted by Crippen LogP contribution is 2.31. The zero-order valence-electron chi connectivity index (χ0n) is 20.6. The van der Waals surface area contributed by atoms with Crippen LogP contribution in [-0.2, 0) is 6.42 Å². The van der Waals surface area contributed by atoms with Crippen LogP contribution in [-0.4, -0.2) is 33.6 Å². The molecule has 0 bridgehead atoms. The molecule has 4 aromatic rings. The lowest BCUT2D eigenvalue weighted by Gasteiger charge is -2.24. The normalized spacial score (nSPS) is 15.1. The smallest absolute Gasteiger partial charge is 0.258 e. The van der Waals surface area contributed by atoms with E-state index in [1.54, 1.807) is 17.0 Å². The second kappa shape index (κ2) is 10.9. The van der Waals surface area contributed by atoms with Crippen LogP contribution in [0.15, 0.2) is 77.7 Å². The zero-order valence-corrected chi connectivity index (χ0v) is 22.2. The molecular weight excluding hydrogens is 504 g/mol. The molecule has 1 amide bonds. The molecule has 2 N–H and O–H groups in total. The highest BCUT2D eigenvalue weighted by Gasteiger charge is 2.26. The van der Waals surface area contributed by atoms with Gasteiger partial charge in [-0.2, -0.15) is 0 Å². The molecule has 0 aliphatic carbocycles. The fraction of sp³-hybridized carbons (Fsp3) is 0.207. The quantitative estimate of drug-likeness (QED) is 0.227. The minimum atomic E-state index is -0.568. The minimum absolute atomic E-state index is 0.146. The van der Waals surface area contributed by atoms with Crippen molar-refractivity contribution in [2.75, 3.05) is 16.2 Å². The van der Waals surface area contributed by atoms with Crippen molar-refractivity contribution in [3.8, 4) is 11.3 Å². The van der Waals surface area contributed by atoms with Crippen LogP contribution >= 0.6 is 23.5 Å². The van der Waals surface area contributed by atoms with Crippen LogP contribution in [0.3, 0.4) is 0 Å². The highest BCUT2D eigenvalue weighted by molar-refractivity contribution is 8.00. The molecule has 1 atom stereocenters. The van der Waals surface area contributed by atoms with Crippen LogP contribution in [0.25, 0.3) is 11.3 Å². The Morgan fingerprint density at radius 2 is 1.78 bits per heavy atom. The van der Waals surface area contributed by atoms with E-state index in [9.17, 15) is 9.90 Å². The Bertz CT molecular complexity index is 1440. The number of hydrogen-bond acceptors (Lipinski definition) is 6. The van der Waals surface area contributed by atoms with Crippen molar-refractivity contribution in [3.05, 3.63) is 100 Å². The molecule has 0 saturated heterocycles. The topological polar surface area (TPSA) is 78.4 Å². The molecular formula is C29H27ClN4O2S. The number of aryl methyl sites for hydroxylation is 3. The molecule has 188 valence electrons. The first-order valence-electron chi connectivity index (χ1n) is 12.1. The summed E-state index contributed by atoms with van der Waals surface area (Å²) >= 11 is 7.64. The first-order chi connectivity index (χ1) is 17.9. The van der Waals surface area contributed by atoms with Crippen LogP contribution < -0.4 is 9.62 Å². The van der Waals surface area contributed by atoms with E-state index in [0.717, 1.165) is 45.0 Å². The summed E-state index contributed by atoms with van der Waals surface area (Å²) in [5.41, 5.74) is 6.47. The number of para-hydroxylation sites is 1. The molecule has 0 fully saturated rings.